The zero-order valence-corrected chi connectivity index (χ0v) is 14.5. The number of hydrogen-bond acceptors (Lipinski definition) is 4. The lowest BCUT2D eigenvalue weighted by molar-refractivity contribution is 0.559. The van der Waals surface area contributed by atoms with Crippen LogP contribution < -0.4 is 16.3 Å². The molecule has 0 aliphatic rings. The van der Waals surface area contributed by atoms with E-state index in [0.29, 0.717) is 16.8 Å². The standard InChI is InChI=1S/C21H22N2O2/c1-3-23(4-2)19-12-9-16-13-17(21(24)25-20(16)14-19)8-5-15-6-10-18(22)11-7-15/h5-14H,3-4,22H2,1-2H3. The average molecular weight is 334 g/mol. The smallest absolute Gasteiger partial charge is 0.343 e. The van der Waals surface area contributed by atoms with E-state index in [1.165, 1.54) is 0 Å². The van der Waals surface area contributed by atoms with Crippen LogP contribution >= 0.6 is 0 Å². The third-order valence-electron chi connectivity index (χ3n) is 4.27. The van der Waals surface area contributed by atoms with Gasteiger partial charge in [0, 0.05) is 35.9 Å². The topological polar surface area (TPSA) is 59.5 Å². The molecular weight excluding hydrogens is 312 g/mol. The van der Waals surface area contributed by atoms with E-state index in [4.69, 9.17) is 10.2 Å². The van der Waals surface area contributed by atoms with Gasteiger partial charge in [0.1, 0.15) is 5.58 Å². The van der Waals surface area contributed by atoms with Gasteiger partial charge in [-0.25, -0.2) is 4.79 Å². The van der Waals surface area contributed by atoms with Gasteiger partial charge in [0.15, 0.2) is 0 Å². The van der Waals surface area contributed by atoms with Gasteiger partial charge in [-0.3, -0.25) is 0 Å². The molecule has 0 atom stereocenters. The maximum Gasteiger partial charge on any atom is 0.343 e. The second kappa shape index (κ2) is 7.26. The molecule has 0 bridgehead atoms. The van der Waals surface area contributed by atoms with Crippen LogP contribution in [0.1, 0.15) is 25.0 Å². The van der Waals surface area contributed by atoms with Crippen LogP contribution in [-0.2, 0) is 0 Å². The molecule has 128 valence electrons. The molecule has 0 aliphatic heterocycles. The van der Waals surface area contributed by atoms with Crippen LogP contribution in [0.5, 0.6) is 0 Å². The van der Waals surface area contributed by atoms with Gasteiger partial charge in [-0.2, -0.15) is 0 Å². The largest absolute Gasteiger partial charge is 0.422 e. The van der Waals surface area contributed by atoms with E-state index in [9.17, 15) is 4.79 Å². The first-order chi connectivity index (χ1) is 12.1. The number of hydrogen-bond donors (Lipinski definition) is 1. The van der Waals surface area contributed by atoms with E-state index >= 15 is 0 Å². The summed E-state index contributed by atoms with van der Waals surface area (Å²) in [5.41, 5.74) is 9.23. The second-order valence-corrected chi connectivity index (χ2v) is 5.88. The monoisotopic (exact) mass is 334 g/mol. The number of anilines is 2. The third kappa shape index (κ3) is 3.74. The zero-order valence-electron chi connectivity index (χ0n) is 14.5. The summed E-state index contributed by atoms with van der Waals surface area (Å²) in [5.74, 6) is 0. The first-order valence-corrected chi connectivity index (χ1v) is 8.47. The van der Waals surface area contributed by atoms with Crippen molar-refractivity contribution < 1.29 is 4.42 Å². The van der Waals surface area contributed by atoms with Crippen molar-refractivity contribution in [1.82, 2.24) is 0 Å². The highest BCUT2D eigenvalue weighted by molar-refractivity contribution is 5.83. The summed E-state index contributed by atoms with van der Waals surface area (Å²) >= 11 is 0. The number of benzene rings is 2. The molecule has 4 nitrogen and oxygen atoms in total. The summed E-state index contributed by atoms with van der Waals surface area (Å²) in [5, 5.41) is 0.910. The molecule has 1 aromatic heterocycles. The van der Waals surface area contributed by atoms with Gasteiger partial charge in [0.05, 0.1) is 5.56 Å². The quantitative estimate of drug-likeness (QED) is 0.555. The molecule has 0 radical (unpaired) electrons. The van der Waals surface area contributed by atoms with E-state index in [2.05, 4.69) is 24.8 Å². The van der Waals surface area contributed by atoms with Crippen LogP contribution in [0.4, 0.5) is 11.4 Å². The molecule has 0 saturated carbocycles. The molecule has 1 heterocycles. The lowest BCUT2D eigenvalue weighted by Gasteiger charge is -2.20. The summed E-state index contributed by atoms with van der Waals surface area (Å²) in [6.45, 7) is 6.03. The van der Waals surface area contributed by atoms with Gasteiger partial charge in [-0.15, -0.1) is 0 Å². The van der Waals surface area contributed by atoms with Crippen molar-refractivity contribution in [1.29, 1.82) is 0 Å². The van der Waals surface area contributed by atoms with E-state index in [1.807, 2.05) is 48.5 Å². The second-order valence-electron chi connectivity index (χ2n) is 5.88. The van der Waals surface area contributed by atoms with Gasteiger partial charge >= 0.3 is 5.63 Å². The molecular formula is C21H22N2O2. The van der Waals surface area contributed by atoms with Crippen LogP contribution in [0.25, 0.3) is 23.1 Å². The Labute approximate surface area is 147 Å². The van der Waals surface area contributed by atoms with Gasteiger partial charge in [-0.1, -0.05) is 18.2 Å². The molecule has 3 rings (SSSR count). The van der Waals surface area contributed by atoms with Gasteiger partial charge in [0.2, 0.25) is 0 Å². The summed E-state index contributed by atoms with van der Waals surface area (Å²) < 4.78 is 5.53. The number of fused-ring (bicyclic) bond motifs is 1. The molecule has 0 aliphatic carbocycles. The summed E-state index contributed by atoms with van der Waals surface area (Å²) in [4.78, 5) is 14.5. The molecule has 0 saturated heterocycles. The van der Waals surface area contributed by atoms with Crippen molar-refractivity contribution in [2.75, 3.05) is 23.7 Å². The lowest BCUT2D eigenvalue weighted by Crippen LogP contribution is -2.21. The fourth-order valence-electron chi connectivity index (χ4n) is 2.81. The van der Waals surface area contributed by atoms with Crippen molar-refractivity contribution in [2.24, 2.45) is 0 Å². The zero-order chi connectivity index (χ0) is 17.8. The van der Waals surface area contributed by atoms with Crippen molar-refractivity contribution in [3.63, 3.8) is 0 Å². The predicted molar refractivity (Wildman–Crippen MR) is 106 cm³/mol. The van der Waals surface area contributed by atoms with Crippen molar-refractivity contribution in [3.8, 4) is 0 Å². The fourth-order valence-corrected chi connectivity index (χ4v) is 2.81. The molecule has 0 unspecified atom stereocenters. The predicted octanol–water partition coefficient (Wildman–Crippen LogP) is 4.39. The lowest BCUT2D eigenvalue weighted by atomic mass is 10.1. The minimum Gasteiger partial charge on any atom is -0.422 e. The first-order valence-electron chi connectivity index (χ1n) is 8.47. The van der Waals surface area contributed by atoms with Crippen LogP contribution in [0, 0.1) is 0 Å². The summed E-state index contributed by atoms with van der Waals surface area (Å²) in [6, 6.07) is 15.3. The average Bonchev–Trinajstić information content (AvgIpc) is 2.62. The maximum atomic E-state index is 12.3. The fraction of sp³-hybridized carbons (Fsp3) is 0.190. The molecule has 25 heavy (non-hydrogen) atoms. The molecule has 3 aromatic rings. The normalized spacial score (nSPS) is 11.3. The van der Waals surface area contributed by atoms with Crippen LogP contribution in [0.2, 0.25) is 0 Å². The molecule has 2 N–H and O–H groups in total. The third-order valence-corrected chi connectivity index (χ3v) is 4.27. The van der Waals surface area contributed by atoms with E-state index in [1.54, 1.807) is 6.08 Å². The van der Waals surface area contributed by atoms with Crippen molar-refractivity contribution in [2.45, 2.75) is 13.8 Å². The first kappa shape index (κ1) is 16.8. The highest BCUT2D eigenvalue weighted by Gasteiger charge is 2.07. The molecule has 0 spiro atoms. The Balaban J connectivity index is 1.95. The molecule has 2 aromatic carbocycles. The summed E-state index contributed by atoms with van der Waals surface area (Å²) in [7, 11) is 0. The maximum absolute atomic E-state index is 12.3. The number of nitrogen functional groups attached to an aromatic ring is 1. The van der Waals surface area contributed by atoms with Crippen molar-refractivity contribution in [3.05, 3.63) is 70.1 Å². The minimum atomic E-state index is -0.337. The Kier molecular flexibility index (Phi) is 4.89. The SMILES string of the molecule is CCN(CC)c1ccc2cc(C=Cc3ccc(N)cc3)c(=O)oc2c1. The van der Waals surface area contributed by atoms with Crippen LogP contribution in [0.3, 0.4) is 0 Å². The van der Waals surface area contributed by atoms with Gasteiger partial charge < -0.3 is 15.1 Å². The molecule has 0 fully saturated rings. The Morgan fingerprint density at radius 3 is 2.40 bits per heavy atom. The van der Waals surface area contributed by atoms with E-state index < -0.39 is 0 Å². The Hall–Kier alpha value is -3.01. The summed E-state index contributed by atoms with van der Waals surface area (Å²) in [6.07, 6.45) is 3.65. The van der Waals surface area contributed by atoms with Crippen molar-refractivity contribution >= 4 is 34.5 Å². The Bertz CT molecular complexity index is 952. The van der Waals surface area contributed by atoms with Gasteiger partial charge in [-0.05, 0) is 55.8 Å². The number of nitrogens with zero attached hydrogens (tertiary/aromatic N) is 1. The Morgan fingerprint density at radius 1 is 1.00 bits per heavy atom. The van der Waals surface area contributed by atoms with E-state index in [0.717, 1.165) is 29.7 Å². The number of rotatable bonds is 5. The highest BCUT2D eigenvalue weighted by atomic mass is 16.4. The molecule has 0 amide bonds. The van der Waals surface area contributed by atoms with E-state index in [-0.39, 0.29) is 5.63 Å². The van der Waals surface area contributed by atoms with Gasteiger partial charge in [0.25, 0.3) is 0 Å². The Morgan fingerprint density at radius 2 is 1.72 bits per heavy atom. The minimum absolute atomic E-state index is 0.337. The highest BCUT2D eigenvalue weighted by Crippen LogP contribution is 2.22. The number of nitrogens with two attached hydrogens (primary N) is 1. The van der Waals surface area contributed by atoms with Crippen LogP contribution in [-0.4, -0.2) is 13.1 Å². The molecule has 4 heteroatoms. The van der Waals surface area contributed by atoms with Crippen LogP contribution in [0.15, 0.2) is 57.7 Å².